The third-order valence-electron chi connectivity index (χ3n) is 4.30. The van der Waals surface area contributed by atoms with Gasteiger partial charge in [0.05, 0.1) is 4.75 Å². The fourth-order valence-corrected chi connectivity index (χ4v) is 4.11. The van der Waals surface area contributed by atoms with E-state index in [2.05, 4.69) is 29.8 Å². The maximum Gasteiger partial charge on any atom is 0.238 e. The van der Waals surface area contributed by atoms with Gasteiger partial charge in [0, 0.05) is 28.5 Å². The van der Waals surface area contributed by atoms with E-state index in [1.165, 1.54) is 0 Å². The number of benzene rings is 1. The Morgan fingerprint density at radius 3 is 2.50 bits per heavy atom. The number of nitrogens with zero attached hydrogens (tertiary/aromatic N) is 1. The van der Waals surface area contributed by atoms with E-state index in [0.29, 0.717) is 0 Å². The lowest BCUT2D eigenvalue weighted by Crippen LogP contribution is -2.56. The minimum Gasteiger partial charge on any atom is -0.341 e. The summed E-state index contributed by atoms with van der Waals surface area (Å²) in [4.78, 5) is 16.0. The first-order valence-corrected chi connectivity index (χ1v) is 9.22. The van der Waals surface area contributed by atoms with Crippen molar-refractivity contribution in [1.29, 1.82) is 0 Å². The van der Waals surface area contributed by atoms with Crippen LogP contribution in [0, 0.1) is 5.41 Å². The molecule has 0 radical (unpaired) electrons. The Hall–Kier alpha value is -0.520. The summed E-state index contributed by atoms with van der Waals surface area (Å²) < 4.78 is 0.568. The molecule has 3 nitrogen and oxygen atoms in total. The molecule has 1 saturated heterocycles. The highest BCUT2D eigenvalue weighted by atomic mass is 79.9. The zero-order valence-corrected chi connectivity index (χ0v) is 16.1. The summed E-state index contributed by atoms with van der Waals surface area (Å²) in [5.41, 5.74) is 6.15. The first kappa shape index (κ1) is 17.8. The van der Waals surface area contributed by atoms with Crippen LogP contribution >= 0.6 is 27.7 Å². The van der Waals surface area contributed by atoms with Gasteiger partial charge in [0.15, 0.2) is 0 Å². The monoisotopic (exact) mass is 384 g/mol. The first-order valence-electron chi connectivity index (χ1n) is 7.61. The van der Waals surface area contributed by atoms with Crippen molar-refractivity contribution in [3.63, 3.8) is 0 Å². The molecule has 1 aliphatic heterocycles. The normalized spacial score (nSPS) is 21.7. The molecular weight excluding hydrogens is 360 g/mol. The fourth-order valence-electron chi connectivity index (χ4n) is 2.77. The molecule has 0 aliphatic carbocycles. The summed E-state index contributed by atoms with van der Waals surface area (Å²) in [5.74, 6) is 0.195. The second-order valence-corrected chi connectivity index (χ2v) is 9.79. The number of thioether (sulfide) groups is 1. The number of nitrogens with two attached hydrogens (primary N) is 1. The van der Waals surface area contributed by atoms with E-state index in [-0.39, 0.29) is 17.4 Å². The molecule has 2 rings (SSSR count). The number of amides is 1. The van der Waals surface area contributed by atoms with Gasteiger partial charge in [-0.25, -0.2) is 0 Å². The van der Waals surface area contributed by atoms with Crippen molar-refractivity contribution in [1.82, 2.24) is 4.90 Å². The highest BCUT2D eigenvalue weighted by Gasteiger charge is 2.40. The van der Waals surface area contributed by atoms with Crippen LogP contribution in [0.2, 0.25) is 0 Å². The summed E-state index contributed by atoms with van der Waals surface area (Å²) in [6.07, 6.45) is 0.873. The number of carbonyl (C=O) groups excluding carboxylic acids is 1. The lowest BCUT2D eigenvalue weighted by molar-refractivity contribution is -0.136. The number of halogens is 1. The summed E-state index contributed by atoms with van der Waals surface area (Å²) in [6.45, 7) is 9.79. The molecular formula is C17H25BrN2OS. The standard InChI is InChI=1S/C17H25BrN2OS/c1-16(2)11-20(10-9-14(16)19)15(21)17(3,4)22-13-7-5-12(18)6-8-13/h5-8,14H,9-11,19H2,1-4H3. The molecule has 1 atom stereocenters. The van der Waals surface area contributed by atoms with E-state index in [4.69, 9.17) is 5.73 Å². The number of piperidine rings is 1. The third kappa shape index (κ3) is 4.06. The predicted molar refractivity (Wildman–Crippen MR) is 97.0 cm³/mol. The Kier molecular flexibility index (Phi) is 5.30. The summed E-state index contributed by atoms with van der Waals surface area (Å²) in [6, 6.07) is 8.26. The predicted octanol–water partition coefficient (Wildman–Crippen LogP) is 3.91. The van der Waals surface area contributed by atoms with Gasteiger partial charge in [-0.3, -0.25) is 4.79 Å². The van der Waals surface area contributed by atoms with Gasteiger partial charge in [0.25, 0.3) is 0 Å². The van der Waals surface area contributed by atoms with E-state index in [1.807, 2.05) is 43.0 Å². The molecule has 0 saturated carbocycles. The average molecular weight is 385 g/mol. The second-order valence-electron chi connectivity index (χ2n) is 7.18. The molecule has 5 heteroatoms. The number of rotatable bonds is 3. The topological polar surface area (TPSA) is 46.3 Å². The van der Waals surface area contributed by atoms with Gasteiger partial charge in [-0.1, -0.05) is 29.8 Å². The molecule has 0 aromatic heterocycles. The van der Waals surface area contributed by atoms with Crippen LogP contribution in [-0.4, -0.2) is 34.7 Å². The minimum absolute atomic E-state index is 0.0216. The lowest BCUT2D eigenvalue weighted by atomic mass is 9.79. The maximum absolute atomic E-state index is 12.9. The highest BCUT2D eigenvalue weighted by Crippen LogP contribution is 2.37. The van der Waals surface area contributed by atoms with E-state index in [1.54, 1.807) is 11.8 Å². The Labute approximate surface area is 146 Å². The van der Waals surface area contributed by atoms with E-state index in [0.717, 1.165) is 28.9 Å². The zero-order chi connectivity index (χ0) is 16.5. The van der Waals surface area contributed by atoms with Gasteiger partial charge < -0.3 is 10.6 Å². The van der Waals surface area contributed by atoms with E-state index in [9.17, 15) is 4.79 Å². The van der Waals surface area contributed by atoms with E-state index >= 15 is 0 Å². The molecule has 0 spiro atoms. The molecule has 1 amide bonds. The van der Waals surface area contributed by atoms with Crippen LogP contribution < -0.4 is 5.73 Å². The molecule has 1 aromatic carbocycles. The van der Waals surface area contributed by atoms with Crippen LogP contribution in [0.15, 0.2) is 33.6 Å². The van der Waals surface area contributed by atoms with Gasteiger partial charge in [0.1, 0.15) is 0 Å². The molecule has 1 fully saturated rings. The van der Waals surface area contributed by atoms with Crippen LogP contribution in [-0.2, 0) is 4.79 Å². The first-order chi connectivity index (χ1) is 10.1. The van der Waals surface area contributed by atoms with Crippen molar-refractivity contribution < 1.29 is 4.79 Å². The minimum atomic E-state index is -0.481. The highest BCUT2D eigenvalue weighted by molar-refractivity contribution is 9.10. The van der Waals surface area contributed by atoms with Crippen molar-refractivity contribution >= 4 is 33.6 Å². The smallest absolute Gasteiger partial charge is 0.238 e. The van der Waals surface area contributed by atoms with Crippen LogP contribution in [0.3, 0.4) is 0 Å². The van der Waals surface area contributed by atoms with Crippen molar-refractivity contribution in [3.05, 3.63) is 28.7 Å². The molecule has 1 aliphatic rings. The Bertz CT molecular complexity index is 542. The molecule has 1 aromatic rings. The van der Waals surface area contributed by atoms with Gasteiger partial charge in [-0.05, 0) is 49.9 Å². The lowest BCUT2D eigenvalue weighted by Gasteiger charge is -2.44. The number of hydrogen-bond donors (Lipinski definition) is 1. The molecule has 122 valence electrons. The van der Waals surface area contributed by atoms with Crippen LogP contribution in [0.5, 0.6) is 0 Å². The number of carbonyl (C=O) groups is 1. The Morgan fingerprint density at radius 2 is 1.95 bits per heavy atom. The Morgan fingerprint density at radius 1 is 1.36 bits per heavy atom. The van der Waals surface area contributed by atoms with Crippen LogP contribution in [0.1, 0.15) is 34.1 Å². The van der Waals surface area contributed by atoms with Gasteiger partial charge in [0.2, 0.25) is 5.91 Å². The second kappa shape index (κ2) is 6.54. The largest absolute Gasteiger partial charge is 0.341 e. The third-order valence-corrected chi connectivity index (χ3v) is 6.02. The summed E-state index contributed by atoms with van der Waals surface area (Å²) in [7, 11) is 0. The van der Waals surface area contributed by atoms with Crippen LogP contribution in [0.4, 0.5) is 0 Å². The van der Waals surface area contributed by atoms with Gasteiger partial charge in [-0.2, -0.15) is 0 Å². The van der Waals surface area contributed by atoms with Crippen molar-refractivity contribution in [2.24, 2.45) is 11.1 Å². The van der Waals surface area contributed by atoms with Gasteiger partial charge in [-0.15, -0.1) is 11.8 Å². The number of hydrogen-bond acceptors (Lipinski definition) is 3. The Balaban J connectivity index is 2.08. The summed E-state index contributed by atoms with van der Waals surface area (Å²) in [5, 5.41) is 0. The fraction of sp³-hybridized carbons (Fsp3) is 0.588. The van der Waals surface area contributed by atoms with Gasteiger partial charge >= 0.3 is 0 Å². The van der Waals surface area contributed by atoms with Crippen molar-refractivity contribution in [3.8, 4) is 0 Å². The number of likely N-dealkylation sites (tertiary alicyclic amines) is 1. The molecule has 1 unspecified atom stereocenters. The van der Waals surface area contributed by atoms with Crippen molar-refractivity contribution in [2.75, 3.05) is 13.1 Å². The summed E-state index contributed by atoms with van der Waals surface area (Å²) >= 11 is 5.05. The quantitative estimate of drug-likeness (QED) is 0.803. The molecule has 0 bridgehead atoms. The van der Waals surface area contributed by atoms with Crippen molar-refractivity contribution in [2.45, 2.75) is 49.8 Å². The maximum atomic E-state index is 12.9. The van der Waals surface area contributed by atoms with E-state index < -0.39 is 4.75 Å². The molecule has 22 heavy (non-hydrogen) atoms. The SMILES string of the molecule is CC(C)(Sc1ccc(Br)cc1)C(=O)N1CCC(N)C(C)(C)C1. The average Bonchev–Trinajstić information content (AvgIpc) is 2.43. The molecule has 2 N–H and O–H groups in total. The molecule has 1 heterocycles. The zero-order valence-electron chi connectivity index (χ0n) is 13.7. The van der Waals surface area contributed by atoms with Crippen LogP contribution in [0.25, 0.3) is 0 Å².